The van der Waals surface area contributed by atoms with Crippen LogP contribution in [-0.4, -0.2) is 63.6 Å². The smallest absolute Gasteiger partial charge is 0.235 e. The maximum Gasteiger partial charge on any atom is 0.235 e. The Morgan fingerprint density at radius 1 is 1.19 bits per heavy atom. The number of thioether (sulfide) groups is 1. The van der Waals surface area contributed by atoms with Crippen molar-refractivity contribution >= 4 is 39.2 Å². The van der Waals surface area contributed by atoms with E-state index in [1.54, 1.807) is 11.8 Å². The minimum Gasteiger partial charge on any atom is -0.339 e. The number of fused-ring (bicyclic) bond motifs is 3. The predicted octanol–water partition coefficient (Wildman–Crippen LogP) is 3.52. The van der Waals surface area contributed by atoms with Gasteiger partial charge in [0, 0.05) is 36.4 Å². The molecule has 1 saturated heterocycles. The minimum atomic E-state index is -0.116. The highest BCUT2D eigenvalue weighted by Crippen LogP contribution is 2.40. The van der Waals surface area contributed by atoms with Crippen LogP contribution in [0.15, 0.2) is 5.03 Å². The molecule has 1 amide bonds. The van der Waals surface area contributed by atoms with Gasteiger partial charge in [0.05, 0.1) is 5.25 Å². The quantitative estimate of drug-likeness (QED) is 0.576. The van der Waals surface area contributed by atoms with Crippen molar-refractivity contribution < 1.29 is 4.79 Å². The first-order valence-electron chi connectivity index (χ1n) is 10.0. The summed E-state index contributed by atoms with van der Waals surface area (Å²) in [5.74, 6) is 1.05. The van der Waals surface area contributed by atoms with Crippen molar-refractivity contribution in [1.82, 2.24) is 19.8 Å². The number of thiophene rings is 1. The second kappa shape index (κ2) is 8.05. The van der Waals surface area contributed by atoms with E-state index in [9.17, 15) is 4.79 Å². The van der Waals surface area contributed by atoms with E-state index < -0.39 is 0 Å². The summed E-state index contributed by atoms with van der Waals surface area (Å²) in [7, 11) is 0. The zero-order valence-corrected chi connectivity index (χ0v) is 18.1. The molecule has 1 aliphatic heterocycles. The van der Waals surface area contributed by atoms with Crippen molar-refractivity contribution in [3.05, 3.63) is 16.3 Å². The maximum atomic E-state index is 13.0. The number of hydrogen-bond donors (Lipinski definition) is 0. The summed E-state index contributed by atoms with van der Waals surface area (Å²) >= 11 is 3.45. The van der Waals surface area contributed by atoms with E-state index >= 15 is 0 Å². The number of carbonyl (C=O) groups excluding carboxylic acids is 1. The number of aryl methyl sites for hydroxylation is 3. The van der Waals surface area contributed by atoms with Gasteiger partial charge in [-0.2, -0.15) is 0 Å². The Kier molecular flexibility index (Phi) is 5.71. The molecule has 2 aromatic heterocycles. The summed E-state index contributed by atoms with van der Waals surface area (Å²) in [6.45, 7) is 10.9. The summed E-state index contributed by atoms with van der Waals surface area (Å²) in [6.07, 6.45) is 4.80. The molecule has 0 radical (unpaired) electrons. The van der Waals surface area contributed by atoms with Gasteiger partial charge in [0.2, 0.25) is 5.91 Å². The van der Waals surface area contributed by atoms with Crippen LogP contribution >= 0.6 is 23.1 Å². The van der Waals surface area contributed by atoms with Gasteiger partial charge < -0.3 is 9.80 Å². The lowest BCUT2D eigenvalue weighted by Gasteiger charge is -2.35. The molecule has 0 saturated carbocycles. The van der Waals surface area contributed by atoms with Gasteiger partial charge in [0.25, 0.3) is 0 Å². The average molecular weight is 405 g/mol. The SMILES string of the molecule is CCN1CCN(C(=O)[C@H](C)Sc2nc(C)nc3sc4c(c23)CCCC4)CC1. The Hall–Kier alpha value is -1.18. The highest BCUT2D eigenvalue weighted by molar-refractivity contribution is 8.00. The van der Waals surface area contributed by atoms with Crippen LogP contribution in [0, 0.1) is 6.92 Å². The van der Waals surface area contributed by atoms with Gasteiger partial charge in [0.1, 0.15) is 15.7 Å². The molecule has 0 N–H and O–H groups in total. The Morgan fingerprint density at radius 2 is 1.93 bits per heavy atom. The third-order valence-electron chi connectivity index (χ3n) is 5.66. The number of amides is 1. The molecule has 0 unspecified atom stereocenters. The van der Waals surface area contributed by atoms with Crippen LogP contribution in [0.4, 0.5) is 0 Å². The van der Waals surface area contributed by atoms with E-state index in [0.29, 0.717) is 0 Å². The second-order valence-electron chi connectivity index (χ2n) is 7.49. The van der Waals surface area contributed by atoms with Crippen molar-refractivity contribution in [2.45, 2.75) is 56.7 Å². The zero-order chi connectivity index (χ0) is 19.0. The van der Waals surface area contributed by atoms with Gasteiger partial charge >= 0.3 is 0 Å². The minimum absolute atomic E-state index is 0.116. The summed E-state index contributed by atoms with van der Waals surface area (Å²) in [4.78, 5) is 29.4. The highest BCUT2D eigenvalue weighted by atomic mass is 32.2. The molecule has 2 aliphatic rings. The van der Waals surface area contributed by atoms with Crippen molar-refractivity contribution in [3.63, 3.8) is 0 Å². The number of rotatable bonds is 4. The standard InChI is InChI=1S/C20H28N4OS2/c1-4-23-9-11-24(12-10-23)20(25)13(2)26-18-17-15-7-5-6-8-16(15)27-19(17)22-14(3)21-18/h13H,4-12H2,1-3H3/t13-/m0/s1. The number of likely N-dealkylation sites (N-methyl/N-ethyl adjacent to an activating group) is 1. The molecule has 1 aliphatic carbocycles. The third-order valence-corrected chi connectivity index (χ3v) is 7.92. The monoisotopic (exact) mass is 404 g/mol. The number of hydrogen-bond acceptors (Lipinski definition) is 6. The molecule has 7 heteroatoms. The van der Waals surface area contributed by atoms with E-state index in [0.717, 1.165) is 61.2 Å². The van der Waals surface area contributed by atoms with E-state index in [4.69, 9.17) is 9.97 Å². The lowest BCUT2D eigenvalue weighted by atomic mass is 9.97. The lowest BCUT2D eigenvalue weighted by molar-refractivity contribution is -0.132. The molecule has 1 atom stereocenters. The molecule has 0 bridgehead atoms. The van der Waals surface area contributed by atoms with Gasteiger partial charge in [-0.25, -0.2) is 9.97 Å². The normalized spacial score (nSPS) is 19.3. The van der Waals surface area contributed by atoms with Crippen LogP contribution in [0.1, 0.15) is 43.0 Å². The van der Waals surface area contributed by atoms with E-state index in [1.165, 1.54) is 28.7 Å². The molecule has 27 heavy (non-hydrogen) atoms. The molecule has 2 aromatic rings. The number of piperazine rings is 1. The van der Waals surface area contributed by atoms with E-state index in [2.05, 4.69) is 11.8 Å². The highest BCUT2D eigenvalue weighted by Gasteiger charge is 2.27. The van der Waals surface area contributed by atoms with Gasteiger partial charge in [0.15, 0.2) is 0 Å². The van der Waals surface area contributed by atoms with E-state index in [1.807, 2.05) is 30.1 Å². The second-order valence-corrected chi connectivity index (χ2v) is 9.90. The summed E-state index contributed by atoms with van der Waals surface area (Å²) in [5.41, 5.74) is 1.44. The van der Waals surface area contributed by atoms with Crippen molar-refractivity contribution in [2.24, 2.45) is 0 Å². The van der Waals surface area contributed by atoms with Crippen LogP contribution < -0.4 is 0 Å². The van der Waals surface area contributed by atoms with Gasteiger partial charge in [-0.3, -0.25) is 4.79 Å². The molecular weight excluding hydrogens is 376 g/mol. The average Bonchev–Trinajstić information content (AvgIpc) is 3.05. The lowest BCUT2D eigenvalue weighted by Crippen LogP contribution is -2.50. The summed E-state index contributed by atoms with van der Waals surface area (Å²) in [6, 6.07) is 0. The molecule has 1 fully saturated rings. The fourth-order valence-electron chi connectivity index (χ4n) is 4.07. The number of carbonyl (C=O) groups is 1. The Bertz CT molecular complexity index is 842. The topological polar surface area (TPSA) is 49.3 Å². The summed E-state index contributed by atoms with van der Waals surface area (Å²) < 4.78 is 0. The van der Waals surface area contributed by atoms with E-state index in [-0.39, 0.29) is 11.2 Å². The molecule has 146 valence electrons. The molecule has 4 rings (SSSR count). The fourth-order valence-corrected chi connectivity index (χ4v) is 6.55. The van der Waals surface area contributed by atoms with Crippen molar-refractivity contribution in [1.29, 1.82) is 0 Å². The number of nitrogens with zero attached hydrogens (tertiary/aromatic N) is 4. The van der Waals surface area contributed by atoms with Crippen LogP contribution in [0.25, 0.3) is 10.2 Å². The van der Waals surface area contributed by atoms with Crippen molar-refractivity contribution in [2.75, 3.05) is 32.7 Å². The van der Waals surface area contributed by atoms with Crippen LogP contribution in [-0.2, 0) is 17.6 Å². The fraction of sp³-hybridized carbons (Fsp3) is 0.650. The molecule has 5 nitrogen and oxygen atoms in total. The zero-order valence-electron chi connectivity index (χ0n) is 16.5. The first-order valence-corrected chi connectivity index (χ1v) is 11.7. The molecule has 3 heterocycles. The van der Waals surface area contributed by atoms with Crippen LogP contribution in [0.3, 0.4) is 0 Å². The van der Waals surface area contributed by atoms with Crippen LogP contribution in [0.5, 0.6) is 0 Å². The summed E-state index contributed by atoms with van der Waals surface area (Å²) in [5, 5.41) is 2.11. The van der Waals surface area contributed by atoms with Gasteiger partial charge in [-0.05, 0) is 51.6 Å². The molecule has 0 aromatic carbocycles. The Labute approximate surface area is 169 Å². The third kappa shape index (κ3) is 3.87. The maximum absolute atomic E-state index is 13.0. The van der Waals surface area contributed by atoms with Gasteiger partial charge in [-0.15, -0.1) is 11.3 Å². The van der Waals surface area contributed by atoms with Crippen LogP contribution in [0.2, 0.25) is 0 Å². The predicted molar refractivity (Wildman–Crippen MR) is 113 cm³/mol. The first kappa shape index (κ1) is 19.2. The largest absolute Gasteiger partial charge is 0.339 e. The van der Waals surface area contributed by atoms with Crippen molar-refractivity contribution in [3.8, 4) is 0 Å². The Balaban J connectivity index is 1.56. The Morgan fingerprint density at radius 3 is 2.67 bits per heavy atom. The molecule has 0 spiro atoms. The van der Waals surface area contributed by atoms with Gasteiger partial charge in [-0.1, -0.05) is 18.7 Å². The first-order chi connectivity index (χ1) is 13.1. The number of aromatic nitrogens is 2. The molecular formula is C20H28N4OS2.